The lowest BCUT2D eigenvalue weighted by Crippen LogP contribution is -2.00. The van der Waals surface area contributed by atoms with Crippen molar-refractivity contribution < 1.29 is 14.3 Å². The number of methoxy groups -OCH3 is 1. The maximum absolute atomic E-state index is 11.9. The Bertz CT molecular complexity index is 670. The number of hydrogen-bond donors (Lipinski definition) is 0. The molecule has 0 saturated carbocycles. The largest absolute Gasteiger partial charge is 0.465 e. The minimum Gasteiger partial charge on any atom is -0.465 e. The van der Waals surface area contributed by atoms with Crippen LogP contribution in [0, 0.1) is 0 Å². The van der Waals surface area contributed by atoms with Crippen molar-refractivity contribution in [3.05, 3.63) is 76.3 Å². The Morgan fingerprint density at radius 2 is 1.52 bits per heavy atom. The van der Waals surface area contributed by atoms with Gasteiger partial charge in [0.1, 0.15) is 0 Å². The molecule has 0 bridgehead atoms. The summed E-state index contributed by atoms with van der Waals surface area (Å²) in [6.45, 7) is 0. The maximum Gasteiger partial charge on any atom is 0.337 e. The fourth-order valence-corrected chi connectivity index (χ4v) is 1.86. The fourth-order valence-electron chi connectivity index (χ4n) is 1.73. The third-order valence-electron chi connectivity index (χ3n) is 2.89. The number of carbonyl (C=O) groups excluding carboxylic acids is 2. The van der Waals surface area contributed by atoms with E-state index in [-0.39, 0.29) is 11.8 Å². The van der Waals surface area contributed by atoms with Crippen molar-refractivity contribution in [3.8, 4) is 0 Å². The molecule has 106 valence electrons. The molecule has 0 atom stereocenters. The highest BCUT2D eigenvalue weighted by atomic mass is 35.5. The zero-order valence-corrected chi connectivity index (χ0v) is 12.1. The first-order valence-electron chi connectivity index (χ1n) is 6.26. The highest BCUT2D eigenvalue weighted by molar-refractivity contribution is 6.30. The SMILES string of the molecule is COC(=O)c1ccc(/C=C/C(=O)c2ccc(Cl)cc2)cc1. The number of esters is 1. The zero-order chi connectivity index (χ0) is 15.2. The fraction of sp³-hybridized carbons (Fsp3) is 0.0588. The summed E-state index contributed by atoms with van der Waals surface area (Å²) in [6, 6.07) is 13.5. The minimum atomic E-state index is -0.386. The van der Waals surface area contributed by atoms with Crippen LogP contribution in [-0.2, 0) is 4.74 Å². The van der Waals surface area contributed by atoms with E-state index in [2.05, 4.69) is 4.74 Å². The first-order valence-corrected chi connectivity index (χ1v) is 6.64. The van der Waals surface area contributed by atoms with E-state index < -0.39 is 0 Å². The molecule has 0 N–H and O–H groups in total. The van der Waals surface area contributed by atoms with E-state index in [1.54, 1.807) is 54.6 Å². The number of rotatable bonds is 4. The average molecular weight is 301 g/mol. The molecule has 0 aromatic heterocycles. The molecule has 2 aromatic rings. The third-order valence-corrected chi connectivity index (χ3v) is 3.14. The summed E-state index contributed by atoms with van der Waals surface area (Å²) in [5, 5.41) is 0.592. The lowest BCUT2D eigenvalue weighted by atomic mass is 10.1. The van der Waals surface area contributed by atoms with Gasteiger partial charge in [-0.15, -0.1) is 0 Å². The molecule has 2 aromatic carbocycles. The zero-order valence-electron chi connectivity index (χ0n) is 11.4. The summed E-state index contributed by atoms with van der Waals surface area (Å²) in [7, 11) is 1.33. The van der Waals surface area contributed by atoms with Crippen LogP contribution in [0.1, 0.15) is 26.3 Å². The van der Waals surface area contributed by atoms with Crippen molar-refractivity contribution in [1.29, 1.82) is 0 Å². The number of ether oxygens (including phenoxy) is 1. The highest BCUT2D eigenvalue weighted by Crippen LogP contribution is 2.12. The second-order valence-electron chi connectivity index (χ2n) is 4.32. The standard InChI is InChI=1S/C17H13ClO3/c1-21-17(20)14-5-2-12(3-6-14)4-11-16(19)13-7-9-15(18)10-8-13/h2-11H,1H3/b11-4+. The summed E-state index contributed by atoms with van der Waals surface area (Å²) >= 11 is 5.77. The van der Waals surface area contributed by atoms with E-state index in [9.17, 15) is 9.59 Å². The van der Waals surface area contributed by atoms with Crippen LogP contribution in [0.15, 0.2) is 54.6 Å². The van der Waals surface area contributed by atoms with Gasteiger partial charge >= 0.3 is 5.97 Å². The van der Waals surface area contributed by atoms with Gasteiger partial charge < -0.3 is 4.74 Å². The van der Waals surface area contributed by atoms with Crippen LogP contribution < -0.4 is 0 Å². The lowest BCUT2D eigenvalue weighted by molar-refractivity contribution is 0.0600. The first-order chi connectivity index (χ1) is 10.1. The third kappa shape index (κ3) is 4.04. The number of hydrogen-bond acceptors (Lipinski definition) is 3. The van der Waals surface area contributed by atoms with Gasteiger partial charge in [0.2, 0.25) is 0 Å². The highest BCUT2D eigenvalue weighted by Gasteiger charge is 2.04. The van der Waals surface area contributed by atoms with E-state index >= 15 is 0 Å². The van der Waals surface area contributed by atoms with Crippen LogP contribution >= 0.6 is 11.6 Å². The topological polar surface area (TPSA) is 43.4 Å². The molecule has 0 amide bonds. The lowest BCUT2D eigenvalue weighted by Gasteiger charge is -1.99. The van der Waals surface area contributed by atoms with Crippen LogP contribution in [0.2, 0.25) is 5.02 Å². The minimum absolute atomic E-state index is 0.108. The van der Waals surface area contributed by atoms with Crippen LogP contribution in [0.25, 0.3) is 6.08 Å². The van der Waals surface area contributed by atoms with Gasteiger partial charge in [0, 0.05) is 10.6 Å². The maximum atomic E-state index is 11.9. The summed E-state index contributed by atoms with van der Waals surface area (Å²) in [6.07, 6.45) is 3.17. The Kier molecular flexibility index (Phi) is 4.90. The van der Waals surface area contributed by atoms with E-state index in [1.807, 2.05) is 0 Å². The summed E-state index contributed by atoms with van der Waals surface area (Å²) in [5.74, 6) is -0.494. The van der Waals surface area contributed by atoms with Gasteiger partial charge in [0.15, 0.2) is 5.78 Å². The first kappa shape index (κ1) is 15.0. The molecule has 2 rings (SSSR count). The Hall–Kier alpha value is -2.39. The van der Waals surface area contributed by atoms with Crippen LogP contribution in [0.3, 0.4) is 0 Å². The summed E-state index contributed by atoms with van der Waals surface area (Å²) in [5.41, 5.74) is 1.87. The normalized spacial score (nSPS) is 10.6. The molecule has 0 aliphatic heterocycles. The van der Waals surface area contributed by atoms with E-state index in [1.165, 1.54) is 13.2 Å². The van der Waals surface area contributed by atoms with Gasteiger partial charge in [0.25, 0.3) is 0 Å². The van der Waals surface area contributed by atoms with Gasteiger partial charge in [-0.2, -0.15) is 0 Å². The predicted molar refractivity (Wildman–Crippen MR) is 82.6 cm³/mol. The van der Waals surface area contributed by atoms with Crippen LogP contribution in [0.5, 0.6) is 0 Å². The molecule has 0 spiro atoms. The molecule has 0 aliphatic rings. The Morgan fingerprint density at radius 3 is 2.10 bits per heavy atom. The molecule has 0 radical (unpaired) electrons. The van der Waals surface area contributed by atoms with Crippen LogP contribution in [0.4, 0.5) is 0 Å². The number of benzene rings is 2. The molecule has 3 nitrogen and oxygen atoms in total. The van der Waals surface area contributed by atoms with E-state index in [0.717, 1.165) is 5.56 Å². The predicted octanol–water partition coefficient (Wildman–Crippen LogP) is 4.02. The van der Waals surface area contributed by atoms with Crippen molar-refractivity contribution >= 4 is 29.4 Å². The summed E-state index contributed by atoms with van der Waals surface area (Å²) in [4.78, 5) is 23.2. The van der Waals surface area contributed by atoms with Crippen molar-refractivity contribution in [3.63, 3.8) is 0 Å². The van der Waals surface area contributed by atoms with Gasteiger partial charge in [-0.25, -0.2) is 4.79 Å². The molecule has 0 fully saturated rings. The van der Waals surface area contributed by atoms with E-state index in [4.69, 9.17) is 11.6 Å². The number of halogens is 1. The molecule has 0 unspecified atom stereocenters. The molecular weight excluding hydrogens is 288 g/mol. The molecule has 4 heteroatoms. The van der Waals surface area contributed by atoms with Crippen molar-refractivity contribution in [2.45, 2.75) is 0 Å². The Balaban J connectivity index is 2.08. The Labute approximate surface area is 127 Å². The van der Waals surface area contributed by atoms with Gasteiger partial charge in [-0.05, 0) is 48.0 Å². The van der Waals surface area contributed by atoms with E-state index in [0.29, 0.717) is 16.1 Å². The smallest absolute Gasteiger partial charge is 0.337 e. The number of carbonyl (C=O) groups is 2. The van der Waals surface area contributed by atoms with Crippen LogP contribution in [-0.4, -0.2) is 18.9 Å². The van der Waals surface area contributed by atoms with Crippen molar-refractivity contribution in [2.75, 3.05) is 7.11 Å². The Morgan fingerprint density at radius 1 is 0.952 bits per heavy atom. The van der Waals surface area contributed by atoms with Crippen molar-refractivity contribution in [1.82, 2.24) is 0 Å². The van der Waals surface area contributed by atoms with Gasteiger partial charge in [0.05, 0.1) is 12.7 Å². The summed E-state index contributed by atoms with van der Waals surface area (Å²) < 4.78 is 4.62. The number of ketones is 1. The second kappa shape index (κ2) is 6.86. The molecule has 0 aliphatic carbocycles. The molecule has 21 heavy (non-hydrogen) atoms. The quantitative estimate of drug-likeness (QED) is 0.486. The average Bonchev–Trinajstić information content (AvgIpc) is 2.53. The molecular formula is C17H13ClO3. The van der Waals surface area contributed by atoms with Crippen molar-refractivity contribution in [2.24, 2.45) is 0 Å². The monoisotopic (exact) mass is 300 g/mol. The molecule has 0 heterocycles. The van der Waals surface area contributed by atoms with Gasteiger partial charge in [-0.3, -0.25) is 4.79 Å². The molecule has 0 saturated heterocycles. The number of allylic oxidation sites excluding steroid dienone is 1. The second-order valence-corrected chi connectivity index (χ2v) is 4.75. The van der Waals surface area contributed by atoms with Gasteiger partial charge in [-0.1, -0.05) is 29.8 Å².